The summed E-state index contributed by atoms with van der Waals surface area (Å²) in [6, 6.07) is 7.49. The highest BCUT2D eigenvalue weighted by atomic mass is 16.5. The normalized spacial score (nSPS) is 10.8. The number of fused-ring (bicyclic) bond motifs is 1. The van der Waals surface area contributed by atoms with Gasteiger partial charge in [0.2, 0.25) is 0 Å². The monoisotopic (exact) mass is 256 g/mol. The lowest BCUT2D eigenvalue weighted by Gasteiger charge is -2.00. The molecule has 0 spiro atoms. The molecule has 6 heteroatoms. The van der Waals surface area contributed by atoms with Crippen LogP contribution in [0.25, 0.3) is 17.2 Å². The molecule has 96 valence electrons. The van der Waals surface area contributed by atoms with Crippen molar-refractivity contribution in [2.24, 2.45) is 0 Å². The summed E-state index contributed by atoms with van der Waals surface area (Å²) in [5, 5.41) is 3.06. The molecule has 1 N–H and O–H groups in total. The van der Waals surface area contributed by atoms with E-state index >= 15 is 0 Å². The minimum Gasteiger partial charge on any atom is -0.497 e. The van der Waals surface area contributed by atoms with Gasteiger partial charge < -0.3 is 4.74 Å². The van der Waals surface area contributed by atoms with E-state index in [4.69, 9.17) is 4.74 Å². The van der Waals surface area contributed by atoms with E-state index in [1.807, 2.05) is 24.3 Å². The maximum atomic E-state index is 11.0. The second kappa shape index (κ2) is 4.24. The zero-order valence-corrected chi connectivity index (χ0v) is 10.5. The van der Waals surface area contributed by atoms with E-state index in [1.165, 1.54) is 0 Å². The topological polar surface area (TPSA) is 72.3 Å². The summed E-state index contributed by atoms with van der Waals surface area (Å²) in [5.41, 5.74) is 2.05. The highest BCUT2D eigenvalue weighted by Gasteiger charge is 2.13. The number of nitrogens with zero attached hydrogens (tertiary/aromatic N) is 3. The molecule has 19 heavy (non-hydrogen) atoms. The van der Waals surface area contributed by atoms with Crippen molar-refractivity contribution in [3.63, 3.8) is 0 Å². The molecule has 0 bridgehead atoms. The van der Waals surface area contributed by atoms with Crippen LogP contribution in [-0.2, 0) is 0 Å². The second-order valence-electron chi connectivity index (χ2n) is 4.14. The van der Waals surface area contributed by atoms with Crippen LogP contribution in [0, 0.1) is 6.92 Å². The van der Waals surface area contributed by atoms with Crippen molar-refractivity contribution in [3.8, 4) is 17.1 Å². The Balaban J connectivity index is 2.09. The lowest BCUT2D eigenvalue weighted by Crippen LogP contribution is -1.93. The molecule has 6 nitrogen and oxygen atoms in total. The number of hydrogen-bond acceptors (Lipinski definition) is 4. The number of aryl methyl sites for hydroxylation is 1. The maximum absolute atomic E-state index is 11.0. The van der Waals surface area contributed by atoms with Crippen LogP contribution in [0.3, 0.4) is 0 Å². The first kappa shape index (κ1) is 11.5. The average Bonchev–Trinajstić information content (AvgIpc) is 2.95. The minimum atomic E-state index is 0.488. The van der Waals surface area contributed by atoms with Gasteiger partial charge in [-0.15, -0.1) is 0 Å². The average molecular weight is 256 g/mol. The number of benzene rings is 1. The summed E-state index contributed by atoms with van der Waals surface area (Å²) < 4.78 is 6.69. The molecule has 0 aliphatic heterocycles. The van der Waals surface area contributed by atoms with Crippen molar-refractivity contribution in [2.45, 2.75) is 6.92 Å². The van der Waals surface area contributed by atoms with Gasteiger partial charge in [0.05, 0.1) is 12.8 Å². The Morgan fingerprint density at radius 2 is 2.00 bits per heavy atom. The molecule has 0 saturated carbocycles. The third kappa shape index (κ3) is 1.77. The Morgan fingerprint density at radius 3 is 2.63 bits per heavy atom. The lowest BCUT2D eigenvalue weighted by molar-refractivity contribution is 0.111. The fraction of sp³-hybridized carbons (Fsp3) is 0.154. The third-order valence-corrected chi connectivity index (χ3v) is 2.98. The SMILES string of the molecule is COc1ccc(-c2nc3nc(C)c(C=O)n3[nH]2)cc1. The smallest absolute Gasteiger partial charge is 0.251 e. The molecule has 0 fully saturated rings. The first-order chi connectivity index (χ1) is 9.22. The molecule has 2 aromatic heterocycles. The first-order valence-corrected chi connectivity index (χ1v) is 5.77. The molecular weight excluding hydrogens is 244 g/mol. The van der Waals surface area contributed by atoms with Crippen molar-refractivity contribution < 1.29 is 9.53 Å². The number of carbonyl (C=O) groups is 1. The zero-order valence-electron chi connectivity index (χ0n) is 10.5. The summed E-state index contributed by atoms with van der Waals surface area (Å²) in [6.07, 6.45) is 0.769. The highest BCUT2D eigenvalue weighted by molar-refractivity contribution is 5.76. The van der Waals surface area contributed by atoms with E-state index in [2.05, 4.69) is 15.1 Å². The number of H-pyrrole nitrogens is 1. The van der Waals surface area contributed by atoms with Crippen molar-refractivity contribution in [1.29, 1.82) is 0 Å². The van der Waals surface area contributed by atoms with Crippen molar-refractivity contribution in [1.82, 2.24) is 19.6 Å². The van der Waals surface area contributed by atoms with Gasteiger partial charge in [-0.2, -0.15) is 4.98 Å². The van der Waals surface area contributed by atoms with Crippen molar-refractivity contribution in [2.75, 3.05) is 7.11 Å². The van der Waals surface area contributed by atoms with Gasteiger partial charge in [-0.3, -0.25) is 9.89 Å². The number of carbonyl (C=O) groups excluding carboxylic acids is 1. The molecule has 2 heterocycles. The number of aromatic amines is 1. The predicted octanol–water partition coefficient (Wildman–Crippen LogP) is 1.85. The van der Waals surface area contributed by atoms with Crippen molar-refractivity contribution >= 4 is 12.1 Å². The van der Waals surface area contributed by atoms with Gasteiger partial charge >= 0.3 is 0 Å². The van der Waals surface area contributed by atoms with Gasteiger partial charge in [-0.1, -0.05) is 0 Å². The lowest BCUT2D eigenvalue weighted by atomic mass is 10.2. The third-order valence-electron chi connectivity index (χ3n) is 2.98. The minimum absolute atomic E-state index is 0.488. The fourth-order valence-corrected chi connectivity index (χ4v) is 1.96. The number of methoxy groups -OCH3 is 1. The number of aromatic nitrogens is 4. The van der Waals surface area contributed by atoms with E-state index in [0.29, 0.717) is 23.0 Å². The molecule has 3 aromatic rings. The van der Waals surface area contributed by atoms with E-state index in [-0.39, 0.29) is 0 Å². The number of ether oxygens (including phenoxy) is 1. The van der Waals surface area contributed by atoms with Gasteiger partial charge in [0.15, 0.2) is 12.1 Å². The van der Waals surface area contributed by atoms with Gasteiger partial charge in [-0.25, -0.2) is 9.50 Å². The molecule has 1 aromatic carbocycles. The number of rotatable bonds is 3. The summed E-state index contributed by atoms with van der Waals surface area (Å²) in [7, 11) is 1.62. The Hall–Kier alpha value is -2.63. The molecule has 0 aliphatic carbocycles. The molecule has 3 rings (SSSR count). The van der Waals surface area contributed by atoms with Gasteiger partial charge in [0, 0.05) is 5.56 Å². The number of hydrogen-bond donors (Lipinski definition) is 1. The van der Waals surface area contributed by atoms with Gasteiger partial charge in [0.1, 0.15) is 11.4 Å². The van der Waals surface area contributed by atoms with E-state index in [0.717, 1.165) is 17.6 Å². The second-order valence-corrected chi connectivity index (χ2v) is 4.14. The number of aldehydes is 1. The van der Waals surface area contributed by atoms with E-state index in [1.54, 1.807) is 18.5 Å². The standard InChI is InChI=1S/C13H12N4O2/c1-8-11(7-18)17-13(14-8)15-12(16-17)9-3-5-10(19-2)6-4-9/h3-7H,1-2H3,(H,14,15,16). The van der Waals surface area contributed by atoms with E-state index < -0.39 is 0 Å². The Morgan fingerprint density at radius 1 is 1.26 bits per heavy atom. The van der Waals surface area contributed by atoms with Crippen LogP contribution in [0.15, 0.2) is 24.3 Å². The maximum Gasteiger partial charge on any atom is 0.251 e. The molecule has 0 aliphatic rings. The van der Waals surface area contributed by atoms with Crippen LogP contribution in [0.5, 0.6) is 5.75 Å². The summed E-state index contributed by atoms with van der Waals surface area (Å²) in [4.78, 5) is 19.6. The van der Waals surface area contributed by atoms with Crippen LogP contribution >= 0.6 is 0 Å². The van der Waals surface area contributed by atoms with Gasteiger partial charge in [-0.05, 0) is 31.2 Å². The summed E-state index contributed by atoms with van der Waals surface area (Å²) in [5.74, 6) is 1.93. The fourth-order valence-electron chi connectivity index (χ4n) is 1.96. The Bertz CT molecular complexity index is 740. The Kier molecular flexibility index (Phi) is 2.56. The predicted molar refractivity (Wildman–Crippen MR) is 69.5 cm³/mol. The first-order valence-electron chi connectivity index (χ1n) is 5.77. The number of imidazole rings is 1. The molecule has 0 amide bonds. The molecular formula is C13H12N4O2. The Labute approximate surface area is 109 Å². The number of nitrogens with one attached hydrogen (secondary N) is 1. The van der Waals surface area contributed by atoms with Gasteiger partial charge in [0.25, 0.3) is 5.78 Å². The van der Waals surface area contributed by atoms with Crippen molar-refractivity contribution in [3.05, 3.63) is 35.7 Å². The van der Waals surface area contributed by atoms with Crippen LogP contribution in [0.2, 0.25) is 0 Å². The quantitative estimate of drug-likeness (QED) is 0.726. The molecule has 0 radical (unpaired) electrons. The van der Waals surface area contributed by atoms with Crippen LogP contribution in [-0.4, -0.2) is 33.0 Å². The molecule has 0 unspecified atom stereocenters. The summed E-state index contributed by atoms with van der Waals surface area (Å²) in [6.45, 7) is 1.78. The van der Waals surface area contributed by atoms with Crippen LogP contribution in [0.4, 0.5) is 0 Å². The highest BCUT2D eigenvalue weighted by Crippen LogP contribution is 2.20. The molecule has 0 saturated heterocycles. The summed E-state index contributed by atoms with van der Waals surface area (Å²) >= 11 is 0. The van der Waals surface area contributed by atoms with Crippen LogP contribution in [0.1, 0.15) is 16.2 Å². The van der Waals surface area contributed by atoms with Crippen LogP contribution < -0.4 is 4.74 Å². The zero-order chi connectivity index (χ0) is 13.4. The van der Waals surface area contributed by atoms with E-state index in [9.17, 15) is 4.79 Å². The largest absolute Gasteiger partial charge is 0.497 e. The molecule has 0 atom stereocenters.